The smallest absolute Gasteiger partial charge is 0.0580 e. The lowest BCUT2D eigenvalue weighted by atomic mass is 9.74. The number of aliphatic hydroxyl groups excluding tert-OH is 1. The van der Waals surface area contributed by atoms with Crippen LogP contribution in [0.4, 0.5) is 0 Å². The van der Waals surface area contributed by atoms with Crippen LogP contribution < -0.4 is 0 Å². The van der Waals surface area contributed by atoms with E-state index in [9.17, 15) is 5.11 Å². The first-order valence-electron chi connectivity index (χ1n) is 8.38. The second kappa shape index (κ2) is 8.26. The molecule has 1 saturated carbocycles. The Balaban J connectivity index is 2.51. The average Bonchev–Trinajstić information content (AvgIpc) is 2.39. The number of rotatable bonds is 7. The molecular weight excluding hydrogens is 234 g/mol. The van der Waals surface area contributed by atoms with E-state index in [2.05, 4.69) is 39.5 Å². The van der Waals surface area contributed by atoms with Gasteiger partial charge in [-0.25, -0.2) is 0 Å². The highest BCUT2D eigenvalue weighted by Crippen LogP contribution is 2.34. The molecule has 4 unspecified atom stereocenters. The molecule has 1 fully saturated rings. The third kappa shape index (κ3) is 5.43. The first-order chi connectivity index (χ1) is 8.97. The summed E-state index contributed by atoms with van der Waals surface area (Å²) in [6.07, 6.45) is 4.62. The Hall–Kier alpha value is -0.0800. The second-order valence-electron chi connectivity index (χ2n) is 7.01. The summed E-state index contributed by atoms with van der Waals surface area (Å²) in [7, 11) is 0. The number of hydrogen-bond acceptors (Lipinski definition) is 2. The predicted octanol–water partition coefficient (Wildman–Crippen LogP) is 3.79. The summed E-state index contributed by atoms with van der Waals surface area (Å²) in [5, 5.41) is 10.3. The molecule has 0 bridgehead atoms. The molecule has 2 nitrogen and oxygen atoms in total. The highest BCUT2D eigenvalue weighted by Gasteiger charge is 2.31. The van der Waals surface area contributed by atoms with Crippen molar-refractivity contribution in [2.24, 2.45) is 23.7 Å². The molecular formula is C17H35NO. The summed E-state index contributed by atoms with van der Waals surface area (Å²) >= 11 is 0. The Labute approximate surface area is 120 Å². The van der Waals surface area contributed by atoms with Gasteiger partial charge in [-0.3, -0.25) is 0 Å². The second-order valence-corrected chi connectivity index (χ2v) is 7.01. The van der Waals surface area contributed by atoms with Crippen LogP contribution in [0.5, 0.6) is 0 Å². The van der Waals surface area contributed by atoms with Gasteiger partial charge in [-0.2, -0.15) is 0 Å². The van der Waals surface area contributed by atoms with Gasteiger partial charge >= 0.3 is 0 Å². The third-order valence-corrected chi connectivity index (χ3v) is 5.13. The zero-order valence-corrected chi connectivity index (χ0v) is 13.7. The number of nitrogens with zero attached hydrogens (tertiary/aromatic N) is 1. The van der Waals surface area contributed by atoms with Crippen LogP contribution in [0.25, 0.3) is 0 Å². The Kier molecular flexibility index (Phi) is 7.38. The molecule has 0 aromatic heterocycles. The zero-order valence-electron chi connectivity index (χ0n) is 13.7. The maximum Gasteiger partial charge on any atom is 0.0580 e. The van der Waals surface area contributed by atoms with Gasteiger partial charge in [0.2, 0.25) is 0 Å². The van der Waals surface area contributed by atoms with Crippen LogP contribution in [-0.4, -0.2) is 35.7 Å². The number of hydrogen-bond donors (Lipinski definition) is 1. The van der Waals surface area contributed by atoms with E-state index < -0.39 is 0 Å². The van der Waals surface area contributed by atoms with Gasteiger partial charge < -0.3 is 10.0 Å². The molecule has 0 saturated heterocycles. The molecule has 1 N–H and O–H groups in total. The Morgan fingerprint density at radius 3 is 2.37 bits per heavy atom. The molecule has 2 heteroatoms. The van der Waals surface area contributed by atoms with E-state index in [-0.39, 0.29) is 6.10 Å². The average molecular weight is 269 g/mol. The fraction of sp³-hybridized carbons (Fsp3) is 1.00. The number of aliphatic hydroxyl groups is 1. The van der Waals surface area contributed by atoms with Crippen molar-refractivity contribution in [2.45, 2.75) is 66.4 Å². The van der Waals surface area contributed by atoms with Crippen LogP contribution in [0.2, 0.25) is 0 Å². The standard InChI is InChI=1S/C17H35NO/c1-6-14(5)11-18(7-2)12-16-10-15(13(3)4)8-9-17(16)19/h13-17,19H,6-12H2,1-5H3. The van der Waals surface area contributed by atoms with Gasteiger partial charge in [-0.15, -0.1) is 0 Å². The minimum absolute atomic E-state index is 0.0685. The minimum Gasteiger partial charge on any atom is -0.393 e. The van der Waals surface area contributed by atoms with E-state index in [1.807, 2.05) is 0 Å². The highest BCUT2D eigenvalue weighted by atomic mass is 16.3. The lowest BCUT2D eigenvalue weighted by molar-refractivity contribution is 0.0172. The van der Waals surface area contributed by atoms with Crippen molar-refractivity contribution >= 4 is 0 Å². The summed E-state index contributed by atoms with van der Waals surface area (Å²) in [6, 6.07) is 0. The molecule has 1 rings (SSSR count). The van der Waals surface area contributed by atoms with Crippen LogP contribution in [-0.2, 0) is 0 Å². The molecule has 0 radical (unpaired) electrons. The van der Waals surface area contributed by atoms with Crippen molar-refractivity contribution in [3.05, 3.63) is 0 Å². The van der Waals surface area contributed by atoms with Gasteiger partial charge in [0.15, 0.2) is 0 Å². The Bertz CT molecular complexity index is 241. The van der Waals surface area contributed by atoms with E-state index in [0.717, 1.165) is 37.3 Å². The highest BCUT2D eigenvalue weighted by molar-refractivity contribution is 4.83. The van der Waals surface area contributed by atoms with Crippen LogP contribution in [0.3, 0.4) is 0 Å². The van der Waals surface area contributed by atoms with Gasteiger partial charge in [0.05, 0.1) is 6.10 Å². The summed E-state index contributed by atoms with van der Waals surface area (Å²) in [5.74, 6) is 2.84. The lowest BCUT2D eigenvalue weighted by Gasteiger charge is -2.38. The summed E-state index contributed by atoms with van der Waals surface area (Å²) in [4.78, 5) is 2.55. The summed E-state index contributed by atoms with van der Waals surface area (Å²) < 4.78 is 0. The van der Waals surface area contributed by atoms with Crippen molar-refractivity contribution in [2.75, 3.05) is 19.6 Å². The lowest BCUT2D eigenvalue weighted by Crippen LogP contribution is -2.41. The fourth-order valence-corrected chi connectivity index (χ4v) is 3.32. The molecule has 4 atom stereocenters. The van der Waals surface area contributed by atoms with Crippen molar-refractivity contribution < 1.29 is 5.11 Å². The maximum absolute atomic E-state index is 10.3. The SMILES string of the molecule is CCC(C)CN(CC)CC1CC(C(C)C)CCC1O. The molecule has 1 aliphatic rings. The maximum atomic E-state index is 10.3. The van der Waals surface area contributed by atoms with Gasteiger partial charge in [0.25, 0.3) is 0 Å². The van der Waals surface area contributed by atoms with Crippen LogP contribution in [0.1, 0.15) is 60.3 Å². The van der Waals surface area contributed by atoms with Gasteiger partial charge in [-0.05, 0) is 49.5 Å². The molecule has 1 aliphatic carbocycles. The summed E-state index contributed by atoms with van der Waals surface area (Å²) in [6.45, 7) is 14.9. The van der Waals surface area contributed by atoms with Crippen LogP contribution >= 0.6 is 0 Å². The van der Waals surface area contributed by atoms with E-state index in [0.29, 0.717) is 5.92 Å². The molecule has 0 aromatic rings. The largest absolute Gasteiger partial charge is 0.393 e. The molecule has 114 valence electrons. The Morgan fingerprint density at radius 2 is 1.84 bits per heavy atom. The van der Waals surface area contributed by atoms with Crippen molar-refractivity contribution in [3.8, 4) is 0 Å². The molecule has 19 heavy (non-hydrogen) atoms. The molecule has 0 aromatic carbocycles. The summed E-state index contributed by atoms with van der Waals surface area (Å²) in [5.41, 5.74) is 0. The quantitative estimate of drug-likeness (QED) is 0.760. The zero-order chi connectivity index (χ0) is 14.4. The first kappa shape index (κ1) is 17.0. The molecule has 0 aliphatic heterocycles. The van der Waals surface area contributed by atoms with Crippen molar-refractivity contribution in [1.29, 1.82) is 0 Å². The van der Waals surface area contributed by atoms with Crippen molar-refractivity contribution in [1.82, 2.24) is 4.90 Å². The molecule has 0 amide bonds. The van der Waals surface area contributed by atoms with Crippen molar-refractivity contribution in [3.63, 3.8) is 0 Å². The Morgan fingerprint density at radius 1 is 1.16 bits per heavy atom. The predicted molar refractivity (Wildman–Crippen MR) is 83.2 cm³/mol. The van der Waals surface area contributed by atoms with Gasteiger partial charge in [-0.1, -0.05) is 41.0 Å². The van der Waals surface area contributed by atoms with E-state index in [4.69, 9.17) is 0 Å². The van der Waals surface area contributed by atoms with E-state index >= 15 is 0 Å². The van der Waals surface area contributed by atoms with Gasteiger partial charge in [0.1, 0.15) is 0 Å². The topological polar surface area (TPSA) is 23.5 Å². The van der Waals surface area contributed by atoms with Gasteiger partial charge in [0, 0.05) is 13.1 Å². The monoisotopic (exact) mass is 269 g/mol. The first-order valence-corrected chi connectivity index (χ1v) is 8.38. The van der Waals surface area contributed by atoms with E-state index in [1.165, 1.54) is 25.8 Å². The normalized spacial score (nSPS) is 30.0. The van der Waals surface area contributed by atoms with Crippen LogP contribution in [0, 0.1) is 23.7 Å². The molecule has 0 heterocycles. The fourth-order valence-electron chi connectivity index (χ4n) is 3.32. The minimum atomic E-state index is -0.0685. The van der Waals surface area contributed by atoms with Crippen LogP contribution in [0.15, 0.2) is 0 Å². The third-order valence-electron chi connectivity index (χ3n) is 5.13. The van der Waals surface area contributed by atoms with E-state index in [1.54, 1.807) is 0 Å². The molecule has 0 spiro atoms.